The lowest BCUT2D eigenvalue weighted by Crippen LogP contribution is -2.45. The van der Waals surface area contributed by atoms with Crippen LogP contribution in [-0.4, -0.2) is 42.9 Å². The predicted octanol–water partition coefficient (Wildman–Crippen LogP) is 1.97. The molecule has 1 aromatic carbocycles. The minimum atomic E-state index is -0.951. The average molecular weight is 345 g/mol. The second-order valence-corrected chi connectivity index (χ2v) is 6.44. The van der Waals surface area contributed by atoms with Gasteiger partial charge in [-0.25, -0.2) is 0 Å². The Hall–Kier alpha value is -2.10. The Kier molecular flexibility index (Phi) is 7.23. The van der Waals surface area contributed by atoms with Crippen LogP contribution in [0.25, 0.3) is 0 Å². The Labute approximate surface area is 149 Å². The van der Waals surface area contributed by atoms with Gasteiger partial charge in [-0.05, 0) is 37.5 Å². The van der Waals surface area contributed by atoms with Gasteiger partial charge in [-0.1, -0.05) is 12.1 Å². The van der Waals surface area contributed by atoms with Gasteiger partial charge in [-0.15, -0.1) is 0 Å². The summed E-state index contributed by atoms with van der Waals surface area (Å²) in [7, 11) is 0. The number of benzene rings is 1. The van der Waals surface area contributed by atoms with Gasteiger partial charge < -0.3 is 20.1 Å². The highest BCUT2D eigenvalue weighted by atomic mass is 16.5. The van der Waals surface area contributed by atoms with Gasteiger partial charge in [0.05, 0.1) is 24.7 Å². The number of aliphatic hydroxyl groups is 1. The summed E-state index contributed by atoms with van der Waals surface area (Å²) in [5.74, 6) is -0.327. The highest BCUT2D eigenvalue weighted by Crippen LogP contribution is 2.29. The molecule has 136 valence electrons. The molecular weight excluding hydrogens is 318 g/mol. The van der Waals surface area contributed by atoms with Gasteiger partial charge in [0.1, 0.15) is 0 Å². The zero-order valence-electron chi connectivity index (χ0n) is 14.8. The largest absolute Gasteiger partial charge is 0.466 e. The number of hydrogen-bond donors (Lipinski definition) is 2. The van der Waals surface area contributed by atoms with Crippen LogP contribution in [0.4, 0.5) is 5.69 Å². The van der Waals surface area contributed by atoms with Gasteiger partial charge in [0.25, 0.3) is 0 Å². The first-order valence-electron chi connectivity index (χ1n) is 8.86. The number of carbonyl (C=O) groups excluding carboxylic acids is 1. The molecule has 2 N–H and O–H groups in total. The van der Waals surface area contributed by atoms with Crippen LogP contribution < -0.4 is 10.2 Å². The Bertz CT molecular complexity index is 587. The van der Waals surface area contributed by atoms with Crippen molar-refractivity contribution in [2.75, 3.05) is 31.1 Å². The molecule has 6 nitrogen and oxygen atoms in total. The molecule has 1 heterocycles. The van der Waals surface area contributed by atoms with Crippen LogP contribution >= 0.6 is 0 Å². The van der Waals surface area contributed by atoms with Crippen molar-refractivity contribution >= 4 is 11.7 Å². The molecule has 1 fully saturated rings. The van der Waals surface area contributed by atoms with Crippen molar-refractivity contribution in [2.45, 2.75) is 44.8 Å². The fourth-order valence-corrected chi connectivity index (χ4v) is 3.04. The maximum Gasteiger partial charge on any atom is 0.308 e. The summed E-state index contributed by atoms with van der Waals surface area (Å²) in [6.07, 6.45) is 1.70. The zero-order valence-corrected chi connectivity index (χ0v) is 14.8. The van der Waals surface area contributed by atoms with Gasteiger partial charge in [0, 0.05) is 38.3 Å². The van der Waals surface area contributed by atoms with Crippen LogP contribution in [0.15, 0.2) is 24.3 Å². The first kappa shape index (κ1) is 19.2. The second-order valence-electron chi connectivity index (χ2n) is 6.44. The lowest BCUT2D eigenvalue weighted by molar-refractivity contribution is -0.149. The van der Waals surface area contributed by atoms with Gasteiger partial charge in [-0.3, -0.25) is 4.79 Å². The summed E-state index contributed by atoms with van der Waals surface area (Å²) in [5.41, 5.74) is 1.35. The van der Waals surface area contributed by atoms with Gasteiger partial charge in [0.15, 0.2) is 0 Å². The monoisotopic (exact) mass is 345 g/mol. The van der Waals surface area contributed by atoms with Crippen molar-refractivity contribution < 1.29 is 14.6 Å². The molecule has 0 radical (unpaired) electrons. The van der Waals surface area contributed by atoms with E-state index in [0.717, 1.165) is 25.3 Å². The van der Waals surface area contributed by atoms with Gasteiger partial charge in [0.2, 0.25) is 0 Å². The van der Waals surface area contributed by atoms with E-state index in [2.05, 4.69) is 40.6 Å². The number of anilines is 1. The van der Waals surface area contributed by atoms with Gasteiger partial charge in [-0.2, -0.15) is 5.26 Å². The standard InChI is InChI=1S/C19H27N3O3/c1-2-25-18(23)14-19(24)8-12-22(13-9-19)17-6-4-16(5-7-17)15-21-11-3-10-20/h4-7,21,24H,2-3,8-9,11-15H2,1H3. The van der Waals surface area contributed by atoms with Crippen molar-refractivity contribution in [3.8, 4) is 6.07 Å². The van der Waals surface area contributed by atoms with Crippen molar-refractivity contribution in [3.05, 3.63) is 29.8 Å². The molecule has 1 aromatic rings. The van der Waals surface area contributed by atoms with E-state index < -0.39 is 5.60 Å². The summed E-state index contributed by atoms with van der Waals surface area (Å²) in [5, 5.41) is 22.3. The summed E-state index contributed by atoms with van der Waals surface area (Å²) in [4.78, 5) is 13.8. The Morgan fingerprint density at radius 3 is 2.64 bits per heavy atom. The van der Waals surface area contributed by atoms with Crippen molar-refractivity contribution in [2.24, 2.45) is 0 Å². The number of piperidine rings is 1. The SMILES string of the molecule is CCOC(=O)CC1(O)CCN(c2ccc(CNCCC#N)cc2)CC1. The fourth-order valence-electron chi connectivity index (χ4n) is 3.04. The summed E-state index contributed by atoms with van der Waals surface area (Å²) in [6, 6.07) is 10.4. The Morgan fingerprint density at radius 2 is 2.04 bits per heavy atom. The van der Waals surface area contributed by atoms with E-state index in [1.54, 1.807) is 6.92 Å². The number of nitrogens with one attached hydrogen (secondary N) is 1. The number of nitriles is 1. The third kappa shape index (κ3) is 6.04. The first-order valence-corrected chi connectivity index (χ1v) is 8.86. The minimum Gasteiger partial charge on any atom is -0.466 e. The normalized spacial score (nSPS) is 16.3. The topological polar surface area (TPSA) is 85.6 Å². The average Bonchev–Trinajstić information content (AvgIpc) is 2.60. The molecule has 25 heavy (non-hydrogen) atoms. The third-order valence-electron chi connectivity index (χ3n) is 4.52. The van der Waals surface area contributed by atoms with Crippen molar-refractivity contribution in [1.29, 1.82) is 5.26 Å². The Morgan fingerprint density at radius 1 is 1.36 bits per heavy atom. The molecule has 0 bridgehead atoms. The molecule has 0 unspecified atom stereocenters. The van der Waals surface area contributed by atoms with E-state index in [1.165, 1.54) is 5.56 Å². The second kappa shape index (κ2) is 9.40. The lowest BCUT2D eigenvalue weighted by Gasteiger charge is -2.38. The summed E-state index contributed by atoms with van der Waals surface area (Å²) < 4.78 is 4.95. The van der Waals surface area contributed by atoms with Crippen LogP contribution in [0.5, 0.6) is 0 Å². The zero-order chi connectivity index (χ0) is 18.1. The van der Waals surface area contributed by atoms with E-state index in [4.69, 9.17) is 10.00 Å². The molecular formula is C19H27N3O3. The van der Waals surface area contributed by atoms with Crippen LogP contribution in [-0.2, 0) is 16.1 Å². The number of ether oxygens (including phenoxy) is 1. The molecule has 1 saturated heterocycles. The van der Waals surface area contributed by atoms with Crippen LogP contribution in [0.1, 0.15) is 38.2 Å². The maximum absolute atomic E-state index is 11.6. The number of carbonyl (C=O) groups is 1. The molecule has 0 amide bonds. The molecule has 1 aliphatic heterocycles. The predicted molar refractivity (Wildman–Crippen MR) is 96.0 cm³/mol. The lowest BCUT2D eigenvalue weighted by atomic mass is 9.88. The first-order chi connectivity index (χ1) is 12.1. The van der Waals surface area contributed by atoms with E-state index >= 15 is 0 Å². The van der Waals surface area contributed by atoms with E-state index in [1.807, 2.05) is 0 Å². The van der Waals surface area contributed by atoms with E-state index in [9.17, 15) is 9.90 Å². The van der Waals surface area contributed by atoms with Crippen LogP contribution in [0.3, 0.4) is 0 Å². The number of esters is 1. The molecule has 0 aliphatic carbocycles. The fraction of sp³-hybridized carbons (Fsp3) is 0.579. The number of nitrogens with zero attached hydrogens (tertiary/aromatic N) is 2. The molecule has 0 spiro atoms. The highest BCUT2D eigenvalue weighted by molar-refractivity contribution is 5.70. The third-order valence-corrected chi connectivity index (χ3v) is 4.52. The van der Waals surface area contributed by atoms with E-state index in [0.29, 0.717) is 32.4 Å². The van der Waals surface area contributed by atoms with E-state index in [-0.39, 0.29) is 12.4 Å². The Balaban J connectivity index is 1.82. The van der Waals surface area contributed by atoms with Crippen molar-refractivity contribution in [1.82, 2.24) is 5.32 Å². The number of rotatable bonds is 8. The van der Waals surface area contributed by atoms with Crippen LogP contribution in [0.2, 0.25) is 0 Å². The maximum atomic E-state index is 11.6. The smallest absolute Gasteiger partial charge is 0.308 e. The molecule has 0 atom stereocenters. The van der Waals surface area contributed by atoms with Gasteiger partial charge >= 0.3 is 5.97 Å². The highest BCUT2D eigenvalue weighted by Gasteiger charge is 2.35. The van der Waals surface area contributed by atoms with Crippen molar-refractivity contribution in [3.63, 3.8) is 0 Å². The minimum absolute atomic E-state index is 0.0714. The molecule has 0 aromatic heterocycles. The summed E-state index contributed by atoms with van der Waals surface area (Å²) >= 11 is 0. The molecule has 6 heteroatoms. The quantitative estimate of drug-likeness (QED) is 0.553. The molecule has 1 aliphatic rings. The molecule has 2 rings (SSSR count). The van der Waals surface area contributed by atoms with Crippen LogP contribution in [0, 0.1) is 11.3 Å². The summed E-state index contributed by atoms with van der Waals surface area (Å²) in [6.45, 7) is 5.00. The number of hydrogen-bond acceptors (Lipinski definition) is 6. The molecule has 0 saturated carbocycles.